The molecule has 5 nitrogen and oxygen atoms in total. The molecular formula is C21H22N4OS2. The van der Waals surface area contributed by atoms with Gasteiger partial charge >= 0.3 is 4.87 Å². The van der Waals surface area contributed by atoms with Crippen molar-refractivity contribution in [2.75, 3.05) is 0 Å². The van der Waals surface area contributed by atoms with Gasteiger partial charge in [0.1, 0.15) is 0 Å². The molecule has 0 radical (unpaired) electrons. The summed E-state index contributed by atoms with van der Waals surface area (Å²) in [6.45, 7) is 6.55. The summed E-state index contributed by atoms with van der Waals surface area (Å²) in [5.74, 6) is 0.939. The number of nitrogens with zero attached hydrogens (tertiary/aromatic N) is 3. The van der Waals surface area contributed by atoms with Crippen LogP contribution in [0.15, 0.2) is 58.5 Å². The quantitative estimate of drug-likeness (QED) is 0.443. The van der Waals surface area contributed by atoms with Crippen LogP contribution in [-0.2, 0) is 0 Å². The van der Waals surface area contributed by atoms with Crippen LogP contribution in [0.2, 0.25) is 0 Å². The summed E-state index contributed by atoms with van der Waals surface area (Å²) in [7, 11) is 0. The Bertz CT molecular complexity index is 1140. The minimum atomic E-state index is -0.0231. The molecule has 0 spiro atoms. The van der Waals surface area contributed by atoms with E-state index in [0.29, 0.717) is 5.25 Å². The highest BCUT2D eigenvalue weighted by Crippen LogP contribution is 2.27. The van der Waals surface area contributed by atoms with E-state index in [0.717, 1.165) is 33.7 Å². The van der Waals surface area contributed by atoms with Gasteiger partial charge in [0.2, 0.25) is 0 Å². The molecule has 0 aliphatic rings. The van der Waals surface area contributed by atoms with E-state index in [1.165, 1.54) is 16.2 Å². The largest absolute Gasteiger partial charge is 0.312 e. The Kier molecular flexibility index (Phi) is 5.37. The van der Waals surface area contributed by atoms with Crippen LogP contribution in [0.1, 0.15) is 44.4 Å². The third-order valence-corrected chi connectivity index (χ3v) is 6.96. The molecule has 1 N–H and O–H groups in total. The van der Waals surface area contributed by atoms with Crippen LogP contribution in [0.3, 0.4) is 0 Å². The van der Waals surface area contributed by atoms with Crippen LogP contribution in [0.25, 0.3) is 16.0 Å². The van der Waals surface area contributed by atoms with Crippen LogP contribution in [0, 0.1) is 0 Å². The highest BCUT2D eigenvalue weighted by molar-refractivity contribution is 7.99. The van der Waals surface area contributed by atoms with Crippen molar-refractivity contribution in [2.45, 2.75) is 43.3 Å². The second-order valence-electron chi connectivity index (χ2n) is 6.87. The van der Waals surface area contributed by atoms with E-state index in [1.54, 1.807) is 0 Å². The Morgan fingerprint density at radius 1 is 1.21 bits per heavy atom. The fraction of sp³-hybridized carbons (Fsp3) is 0.286. The second-order valence-corrected chi connectivity index (χ2v) is 9.39. The van der Waals surface area contributed by atoms with Crippen molar-refractivity contribution in [3.63, 3.8) is 0 Å². The number of pyridine rings is 1. The van der Waals surface area contributed by atoms with Gasteiger partial charge in [-0.25, -0.2) is 9.67 Å². The number of thioether (sulfide) groups is 1. The molecule has 0 saturated heterocycles. The topological polar surface area (TPSA) is 63.6 Å². The van der Waals surface area contributed by atoms with Gasteiger partial charge in [0.15, 0.2) is 5.82 Å². The van der Waals surface area contributed by atoms with Gasteiger partial charge in [-0.1, -0.05) is 38.2 Å². The zero-order valence-corrected chi connectivity index (χ0v) is 17.7. The maximum absolute atomic E-state index is 11.5. The summed E-state index contributed by atoms with van der Waals surface area (Å²) in [4.78, 5) is 20.1. The van der Waals surface area contributed by atoms with Crippen LogP contribution in [-0.4, -0.2) is 25.0 Å². The van der Waals surface area contributed by atoms with Crippen LogP contribution in [0.4, 0.5) is 0 Å². The molecule has 3 aromatic heterocycles. The lowest BCUT2D eigenvalue weighted by atomic mass is 9.98. The van der Waals surface area contributed by atoms with Gasteiger partial charge in [0.05, 0.1) is 15.9 Å². The predicted octanol–water partition coefficient (Wildman–Crippen LogP) is 5.21. The summed E-state index contributed by atoms with van der Waals surface area (Å²) in [5, 5.41) is 5.31. The maximum Gasteiger partial charge on any atom is 0.305 e. The van der Waals surface area contributed by atoms with Crippen molar-refractivity contribution in [3.05, 3.63) is 69.7 Å². The number of benzene rings is 1. The molecular weight excluding hydrogens is 388 g/mol. The molecule has 0 saturated carbocycles. The SMILES string of the molecule is CCC(C)Sc1ccc(-n2ccc(C(C)c3ccc4[nH]c(=O)sc4c3)n2)nc1. The van der Waals surface area contributed by atoms with Crippen LogP contribution < -0.4 is 4.87 Å². The van der Waals surface area contributed by atoms with Crippen LogP contribution >= 0.6 is 23.1 Å². The standard InChI is InChI=1S/C21H22N4OS2/c1-4-13(2)27-16-6-8-20(22-12-16)25-10-9-17(24-25)14(3)15-5-7-18-19(11-15)28-21(26)23-18/h5-14H,4H2,1-3H3,(H,23,26). The molecule has 2 atom stereocenters. The lowest BCUT2D eigenvalue weighted by molar-refractivity contribution is 0.778. The molecule has 28 heavy (non-hydrogen) atoms. The number of aromatic nitrogens is 4. The average molecular weight is 411 g/mol. The first-order chi connectivity index (χ1) is 13.5. The first-order valence-corrected chi connectivity index (χ1v) is 11.0. The minimum Gasteiger partial charge on any atom is -0.312 e. The Morgan fingerprint density at radius 2 is 2.07 bits per heavy atom. The van der Waals surface area contributed by atoms with Crippen molar-refractivity contribution in [1.82, 2.24) is 19.7 Å². The Hall–Kier alpha value is -2.38. The fourth-order valence-corrected chi connectivity index (χ4v) is 4.67. The lowest BCUT2D eigenvalue weighted by Crippen LogP contribution is -2.02. The molecule has 7 heteroatoms. The number of hydrogen-bond donors (Lipinski definition) is 1. The van der Waals surface area contributed by atoms with Crippen LogP contribution in [0.5, 0.6) is 0 Å². The Labute approximate surface area is 171 Å². The van der Waals surface area contributed by atoms with E-state index in [4.69, 9.17) is 5.10 Å². The number of aromatic amines is 1. The molecule has 4 aromatic rings. The smallest absolute Gasteiger partial charge is 0.305 e. The highest BCUT2D eigenvalue weighted by Gasteiger charge is 2.14. The number of nitrogens with one attached hydrogen (secondary N) is 1. The molecule has 0 amide bonds. The summed E-state index contributed by atoms with van der Waals surface area (Å²) in [6.07, 6.45) is 5.00. The number of thiazole rings is 1. The lowest BCUT2D eigenvalue weighted by Gasteiger charge is -2.10. The third-order valence-electron chi connectivity index (χ3n) is 4.87. The number of rotatable bonds is 6. The number of H-pyrrole nitrogens is 1. The van der Waals surface area contributed by atoms with Gasteiger partial charge in [-0.15, -0.1) is 11.8 Å². The van der Waals surface area contributed by atoms with E-state index >= 15 is 0 Å². The zero-order valence-electron chi connectivity index (χ0n) is 16.0. The summed E-state index contributed by atoms with van der Waals surface area (Å²) in [5.41, 5.74) is 3.00. The maximum atomic E-state index is 11.5. The first kappa shape index (κ1) is 19.0. The van der Waals surface area contributed by atoms with Gasteiger partial charge in [0.25, 0.3) is 0 Å². The van der Waals surface area contributed by atoms with Crippen molar-refractivity contribution in [1.29, 1.82) is 0 Å². The first-order valence-electron chi connectivity index (χ1n) is 9.35. The van der Waals surface area contributed by atoms with Gasteiger partial charge in [-0.05, 0) is 42.3 Å². The molecule has 3 heterocycles. The summed E-state index contributed by atoms with van der Waals surface area (Å²) in [6, 6.07) is 12.2. The minimum absolute atomic E-state index is 0.0231. The summed E-state index contributed by atoms with van der Waals surface area (Å²) >= 11 is 3.08. The molecule has 4 rings (SSSR count). The Morgan fingerprint density at radius 3 is 2.82 bits per heavy atom. The normalized spacial score (nSPS) is 13.7. The van der Waals surface area contributed by atoms with E-state index in [9.17, 15) is 4.79 Å². The Balaban J connectivity index is 1.55. The van der Waals surface area contributed by atoms with Gasteiger partial charge < -0.3 is 4.98 Å². The predicted molar refractivity (Wildman–Crippen MR) is 117 cm³/mol. The molecule has 0 aliphatic heterocycles. The van der Waals surface area contributed by atoms with Crippen molar-refractivity contribution in [2.24, 2.45) is 0 Å². The van der Waals surface area contributed by atoms with Crippen molar-refractivity contribution >= 4 is 33.3 Å². The van der Waals surface area contributed by atoms with Gasteiger partial charge in [-0.2, -0.15) is 5.10 Å². The van der Waals surface area contributed by atoms with E-state index in [-0.39, 0.29) is 10.8 Å². The highest BCUT2D eigenvalue weighted by atomic mass is 32.2. The molecule has 1 aromatic carbocycles. The van der Waals surface area contributed by atoms with Crippen molar-refractivity contribution < 1.29 is 0 Å². The molecule has 144 valence electrons. The zero-order chi connectivity index (χ0) is 19.7. The average Bonchev–Trinajstić information content (AvgIpc) is 3.33. The van der Waals surface area contributed by atoms with E-state index in [2.05, 4.69) is 42.9 Å². The van der Waals surface area contributed by atoms with Crippen molar-refractivity contribution in [3.8, 4) is 5.82 Å². The fourth-order valence-electron chi connectivity index (χ4n) is 2.99. The van der Waals surface area contributed by atoms with E-state index in [1.807, 2.05) is 53.1 Å². The van der Waals surface area contributed by atoms with Gasteiger partial charge in [-0.3, -0.25) is 4.79 Å². The molecule has 0 aliphatic carbocycles. The number of hydrogen-bond acceptors (Lipinski definition) is 5. The summed E-state index contributed by atoms with van der Waals surface area (Å²) < 4.78 is 2.79. The second kappa shape index (κ2) is 7.93. The number of fused-ring (bicyclic) bond motifs is 1. The molecule has 0 fully saturated rings. The third kappa shape index (κ3) is 3.91. The molecule has 2 unspecified atom stereocenters. The van der Waals surface area contributed by atoms with E-state index < -0.39 is 0 Å². The van der Waals surface area contributed by atoms with Gasteiger partial charge in [0, 0.05) is 28.5 Å². The monoisotopic (exact) mass is 410 g/mol. The molecule has 0 bridgehead atoms.